The Kier molecular flexibility index (Phi) is 5.09. The molecular weight excluding hydrogens is 160 g/mol. The Balaban J connectivity index is 2.00. The van der Waals surface area contributed by atoms with Crippen LogP contribution in [0, 0.1) is 5.92 Å². The fourth-order valence-electron chi connectivity index (χ4n) is 1.74. The highest BCUT2D eigenvalue weighted by molar-refractivity contribution is 4.96. The molecule has 1 aliphatic rings. The summed E-state index contributed by atoms with van der Waals surface area (Å²) in [6, 6.07) is 0. The second-order valence-electron chi connectivity index (χ2n) is 3.96. The number of hydrogen-bond donors (Lipinski definition) is 1. The van der Waals surface area contributed by atoms with Gasteiger partial charge in [0.2, 0.25) is 0 Å². The molecule has 0 spiro atoms. The van der Waals surface area contributed by atoms with E-state index in [1.54, 1.807) is 0 Å². The summed E-state index contributed by atoms with van der Waals surface area (Å²) in [6.07, 6.45) is 8.70. The number of allylic oxidation sites excluding steroid dienone is 2. The van der Waals surface area contributed by atoms with Crippen LogP contribution in [0.15, 0.2) is 12.2 Å². The van der Waals surface area contributed by atoms with E-state index >= 15 is 0 Å². The standard InChI is InChI=1S/C11H22N2/c1-12-8-10-13(2)9-7-11-5-3-4-6-11/h3,5,11-12H,4,6-10H2,1-2H3. The van der Waals surface area contributed by atoms with Gasteiger partial charge in [0.15, 0.2) is 0 Å². The van der Waals surface area contributed by atoms with Crippen LogP contribution in [0.4, 0.5) is 0 Å². The van der Waals surface area contributed by atoms with Crippen LogP contribution in [0.3, 0.4) is 0 Å². The van der Waals surface area contributed by atoms with Crippen LogP contribution in [-0.4, -0.2) is 38.6 Å². The molecule has 1 atom stereocenters. The van der Waals surface area contributed by atoms with E-state index in [9.17, 15) is 0 Å². The first-order valence-electron chi connectivity index (χ1n) is 5.32. The van der Waals surface area contributed by atoms with Gasteiger partial charge in [-0.2, -0.15) is 0 Å². The minimum absolute atomic E-state index is 0.858. The smallest absolute Gasteiger partial charge is 0.0104 e. The Bertz CT molecular complexity index is 154. The zero-order chi connectivity index (χ0) is 9.52. The van der Waals surface area contributed by atoms with E-state index in [1.165, 1.54) is 25.8 Å². The van der Waals surface area contributed by atoms with Crippen LogP contribution in [0.2, 0.25) is 0 Å². The molecule has 0 aromatic rings. The Morgan fingerprint density at radius 3 is 2.92 bits per heavy atom. The lowest BCUT2D eigenvalue weighted by Gasteiger charge is -2.17. The van der Waals surface area contributed by atoms with Gasteiger partial charge in [-0.1, -0.05) is 12.2 Å². The third kappa shape index (κ3) is 4.44. The fraction of sp³-hybridized carbons (Fsp3) is 0.818. The number of hydrogen-bond acceptors (Lipinski definition) is 2. The number of nitrogens with zero attached hydrogens (tertiary/aromatic N) is 1. The quantitative estimate of drug-likeness (QED) is 0.626. The second kappa shape index (κ2) is 6.17. The van der Waals surface area contributed by atoms with Crippen molar-refractivity contribution < 1.29 is 0 Å². The number of nitrogens with one attached hydrogen (secondary N) is 1. The summed E-state index contributed by atoms with van der Waals surface area (Å²) in [6.45, 7) is 3.49. The average Bonchev–Trinajstić information content (AvgIpc) is 2.64. The lowest BCUT2D eigenvalue weighted by atomic mass is 10.1. The van der Waals surface area contributed by atoms with E-state index in [2.05, 4.69) is 29.4 Å². The maximum Gasteiger partial charge on any atom is 0.0104 e. The van der Waals surface area contributed by atoms with Crippen molar-refractivity contribution in [3.05, 3.63) is 12.2 Å². The van der Waals surface area contributed by atoms with Crippen molar-refractivity contribution in [3.63, 3.8) is 0 Å². The summed E-state index contributed by atoms with van der Waals surface area (Å²) in [7, 11) is 4.21. The molecule has 1 aliphatic carbocycles. The first-order chi connectivity index (χ1) is 6.33. The second-order valence-corrected chi connectivity index (χ2v) is 3.96. The molecule has 0 heterocycles. The fourth-order valence-corrected chi connectivity index (χ4v) is 1.74. The van der Waals surface area contributed by atoms with Crippen LogP contribution >= 0.6 is 0 Å². The number of rotatable bonds is 6. The topological polar surface area (TPSA) is 15.3 Å². The first-order valence-corrected chi connectivity index (χ1v) is 5.32. The third-order valence-corrected chi connectivity index (χ3v) is 2.74. The van der Waals surface area contributed by atoms with Crippen molar-refractivity contribution in [3.8, 4) is 0 Å². The molecular formula is C11H22N2. The zero-order valence-electron chi connectivity index (χ0n) is 8.92. The largest absolute Gasteiger partial charge is 0.318 e. The molecule has 0 aromatic heterocycles. The van der Waals surface area contributed by atoms with Gasteiger partial charge in [0, 0.05) is 13.1 Å². The van der Waals surface area contributed by atoms with Gasteiger partial charge < -0.3 is 10.2 Å². The molecule has 76 valence electrons. The average molecular weight is 182 g/mol. The molecule has 0 radical (unpaired) electrons. The monoisotopic (exact) mass is 182 g/mol. The van der Waals surface area contributed by atoms with Gasteiger partial charge in [-0.3, -0.25) is 0 Å². The Hall–Kier alpha value is -0.340. The van der Waals surface area contributed by atoms with Crippen molar-refractivity contribution in [2.24, 2.45) is 5.92 Å². The van der Waals surface area contributed by atoms with E-state index in [0.717, 1.165) is 19.0 Å². The van der Waals surface area contributed by atoms with Gasteiger partial charge >= 0.3 is 0 Å². The number of likely N-dealkylation sites (N-methyl/N-ethyl adjacent to an activating group) is 2. The predicted molar refractivity (Wildman–Crippen MR) is 57.9 cm³/mol. The lowest BCUT2D eigenvalue weighted by molar-refractivity contribution is 0.313. The molecule has 2 nitrogen and oxygen atoms in total. The molecule has 0 saturated heterocycles. The highest BCUT2D eigenvalue weighted by atomic mass is 15.1. The summed E-state index contributed by atoms with van der Waals surface area (Å²) in [5.41, 5.74) is 0. The highest BCUT2D eigenvalue weighted by Gasteiger charge is 2.09. The van der Waals surface area contributed by atoms with Crippen LogP contribution in [0.5, 0.6) is 0 Å². The molecule has 0 fully saturated rings. The van der Waals surface area contributed by atoms with Crippen molar-refractivity contribution in [1.29, 1.82) is 0 Å². The molecule has 1 N–H and O–H groups in total. The van der Waals surface area contributed by atoms with Crippen LogP contribution in [0.25, 0.3) is 0 Å². The molecule has 1 rings (SSSR count). The van der Waals surface area contributed by atoms with Crippen molar-refractivity contribution in [1.82, 2.24) is 10.2 Å². The van der Waals surface area contributed by atoms with Gasteiger partial charge in [-0.05, 0) is 45.8 Å². The Morgan fingerprint density at radius 1 is 1.46 bits per heavy atom. The molecule has 2 heteroatoms. The summed E-state index contributed by atoms with van der Waals surface area (Å²) >= 11 is 0. The highest BCUT2D eigenvalue weighted by Crippen LogP contribution is 2.20. The molecule has 0 bridgehead atoms. The zero-order valence-corrected chi connectivity index (χ0v) is 8.92. The summed E-state index contributed by atoms with van der Waals surface area (Å²) in [5.74, 6) is 0.858. The van der Waals surface area contributed by atoms with Gasteiger partial charge in [0.1, 0.15) is 0 Å². The minimum Gasteiger partial charge on any atom is -0.318 e. The van der Waals surface area contributed by atoms with Crippen molar-refractivity contribution >= 4 is 0 Å². The van der Waals surface area contributed by atoms with Gasteiger partial charge in [0.25, 0.3) is 0 Å². The third-order valence-electron chi connectivity index (χ3n) is 2.74. The molecule has 0 aliphatic heterocycles. The van der Waals surface area contributed by atoms with Crippen LogP contribution in [-0.2, 0) is 0 Å². The summed E-state index contributed by atoms with van der Waals surface area (Å²) in [4.78, 5) is 2.41. The maximum absolute atomic E-state index is 3.17. The van der Waals surface area contributed by atoms with Crippen molar-refractivity contribution in [2.45, 2.75) is 19.3 Å². The van der Waals surface area contributed by atoms with Gasteiger partial charge in [0.05, 0.1) is 0 Å². The van der Waals surface area contributed by atoms with E-state index in [-0.39, 0.29) is 0 Å². The molecule has 0 amide bonds. The van der Waals surface area contributed by atoms with Gasteiger partial charge in [-0.15, -0.1) is 0 Å². The Labute approximate surface area is 82.0 Å². The summed E-state index contributed by atoms with van der Waals surface area (Å²) < 4.78 is 0. The molecule has 0 saturated carbocycles. The van der Waals surface area contributed by atoms with Crippen LogP contribution in [0.1, 0.15) is 19.3 Å². The molecule has 1 unspecified atom stereocenters. The minimum atomic E-state index is 0.858. The molecule has 0 aromatic carbocycles. The Morgan fingerprint density at radius 2 is 2.31 bits per heavy atom. The van der Waals surface area contributed by atoms with E-state index < -0.39 is 0 Å². The maximum atomic E-state index is 3.17. The predicted octanol–water partition coefficient (Wildman–Crippen LogP) is 1.49. The SMILES string of the molecule is CNCCN(C)CCC1C=CCC1. The first kappa shape index (κ1) is 10.7. The van der Waals surface area contributed by atoms with Gasteiger partial charge in [-0.25, -0.2) is 0 Å². The van der Waals surface area contributed by atoms with E-state index in [1.807, 2.05) is 7.05 Å². The lowest BCUT2D eigenvalue weighted by Crippen LogP contribution is -2.28. The van der Waals surface area contributed by atoms with Crippen molar-refractivity contribution in [2.75, 3.05) is 33.7 Å². The molecule has 13 heavy (non-hydrogen) atoms. The van der Waals surface area contributed by atoms with E-state index in [4.69, 9.17) is 0 Å². The normalized spacial score (nSPS) is 21.6. The van der Waals surface area contributed by atoms with Crippen LogP contribution < -0.4 is 5.32 Å². The summed E-state index contributed by atoms with van der Waals surface area (Å²) in [5, 5.41) is 3.17. The van der Waals surface area contributed by atoms with E-state index in [0.29, 0.717) is 0 Å².